The molecule has 3 N–H and O–H groups in total. The average Bonchev–Trinajstić information content (AvgIpc) is 2.76. The lowest BCUT2D eigenvalue weighted by Gasteiger charge is -2.38. The van der Waals surface area contributed by atoms with Gasteiger partial charge in [0.05, 0.1) is 5.69 Å². The third-order valence-corrected chi connectivity index (χ3v) is 6.06. The van der Waals surface area contributed by atoms with Crippen LogP contribution in [0.1, 0.15) is 29.5 Å². The number of benzene rings is 2. The molecule has 2 aliphatic rings. The van der Waals surface area contributed by atoms with Crippen molar-refractivity contribution in [2.75, 3.05) is 38.1 Å². The molecule has 1 saturated heterocycles. The van der Waals surface area contributed by atoms with E-state index < -0.39 is 0 Å². The predicted molar refractivity (Wildman–Crippen MR) is 117 cm³/mol. The van der Waals surface area contributed by atoms with Crippen LogP contribution in [0.4, 0.5) is 5.69 Å². The molecule has 0 unspecified atom stereocenters. The molecule has 0 saturated carbocycles. The van der Waals surface area contributed by atoms with Crippen molar-refractivity contribution in [3.8, 4) is 11.5 Å². The number of phenols is 2. The fourth-order valence-corrected chi connectivity index (χ4v) is 4.48. The number of fused-ring (bicyclic) bond motifs is 1. The normalized spacial score (nSPS) is 17.2. The van der Waals surface area contributed by atoms with Crippen molar-refractivity contribution in [2.24, 2.45) is 4.99 Å². The number of aromatic hydroxyl groups is 2. The van der Waals surface area contributed by atoms with E-state index in [1.807, 2.05) is 24.3 Å². The second kappa shape index (κ2) is 8.64. The molecule has 1 fully saturated rings. The summed E-state index contributed by atoms with van der Waals surface area (Å²) in [5, 5.41) is 24.0. The first kappa shape index (κ1) is 19.4. The molecule has 0 spiro atoms. The molecule has 6 heteroatoms. The van der Waals surface area contributed by atoms with Gasteiger partial charge in [-0.1, -0.05) is 18.2 Å². The van der Waals surface area contributed by atoms with E-state index in [4.69, 9.17) is 0 Å². The number of rotatable bonds is 3. The molecule has 1 aliphatic heterocycles. The Labute approximate surface area is 172 Å². The fourth-order valence-electron chi connectivity index (χ4n) is 4.48. The zero-order valence-corrected chi connectivity index (χ0v) is 17.1. The zero-order valence-electron chi connectivity index (χ0n) is 17.1. The first-order chi connectivity index (χ1) is 14.2. The third kappa shape index (κ3) is 4.11. The number of hydrogen-bond donors (Lipinski definition) is 3. The largest absolute Gasteiger partial charge is 0.508 e. The summed E-state index contributed by atoms with van der Waals surface area (Å²) in [6.45, 7) is 3.88. The van der Waals surface area contributed by atoms with E-state index in [-0.39, 0.29) is 0 Å². The molecule has 29 heavy (non-hydrogen) atoms. The summed E-state index contributed by atoms with van der Waals surface area (Å²) in [7, 11) is 1.80. The molecule has 0 radical (unpaired) electrons. The van der Waals surface area contributed by atoms with Crippen LogP contribution in [0.2, 0.25) is 0 Å². The minimum absolute atomic E-state index is 0.327. The van der Waals surface area contributed by atoms with Crippen LogP contribution in [0, 0.1) is 0 Å². The number of nitrogens with zero attached hydrogens (tertiary/aromatic N) is 3. The van der Waals surface area contributed by atoms with Crippen molar-refractivity contribution in [1.29, 1.82) is 0 Å². The molecule has 1 aliphatic carbocycles. The van der Waals surface area contributed by atoms with Gasteiger partial charge in [-0.25, -0.2) is 0 Å². The maximum atomic E-state index is 10.4. The number of anilines is 1. The topological polar surface area (TPSA) is 71.3 Å². The molecule has 4 rings (SSSR count). The quantitative estimate of drug-likeness (QED) is 0.552. The molecule has 1 heterocycles. The number of nitrogens with one attached hydrogen (secondary N) is 1. The van der Waals surface area contributed by atoms with E-state index in [0.717, 1.165) is 56.2 Å². The lowest BCUT2D eigenvalue weighted by Crippen LogP contribution is -2.52. The van der Waals surface area contributed by atoms with E-state index in [0.29, 0.717) is 18.0 Å². The standard InChI is InChI=1S/C23H30N4O2/c1-24-23(25-16-19-18-7-3-2-6-17(18)10-11-21(19)28)27-14-12-26(13-15-27)20-8-4-5-9-22(20)29/h4-5,8-11,28-29H,2-3,6-7,12-16H2,1H3,(H,24,25). The maximum absolute atomic E-state index is 10.4. The molecular weight excluding hydrogens is 364 g/mol. The number of phenolic OH excluding ortho intramolecular Hbond substituents is 2. The van der Waals surface area contributed by atoms with Crippen molar-refractivity contribution >= 4 is 11.6 Å². The van der Waals surface area contributed by atoms with E-state index in [1.54, 1.807) is 13.1 Å². The molecule has 0 atom stereocenters. The Morgan fingerprint density at radius 2 is 1.72 bits per heavy atom. The van der Waals surface area contributed by atoms with Gasteiger partial charge in [0, 0.05) is 45.3 Å². The third-order valence-electron chi connectivity index (χ3n) is 6.06. The van der Waals surface area contributed by atoms with Gasteiger partial charge < -0.3 is 25.3 Å². The Hall–Kier alpha value is -2.89. The van der Waals surface area contributed by atoms with Crippen molar-refractivity contribution in [1.82, 2.24) is 10.2 Å². The second-order valence-electron chi connectivity index (χ2n) is 7.77. The van der Waals surface area contributed by atoms with E-state index in [9.17, 15) is 10.2 Å². The Kier molecular flexibility index (Phi) is 5.79. The van der Waals surface area contributed by atoms with Crippen LogP contribution in [-0.4, -0.2) is 54.3 Å². The van der Waals surface area contributed by atoms with Crippen LogP contribution in [-0.2, 0) is 19.4 Å². The summed E-state index contributed by atoms with van der Waals surface area (Å²) in [5.74, 6) is 1.56. The summed E-state index contributed by atoms with van der Waals surface area (Å²) in [6.07, 6.45) is 4.56. The van der Waals surface area contributed by atoms with Crippen molar-refractivity contribution in [3.05, 3.63) is 53.1 Å². The first-order valence-electron chi connectivity index (χ1n) is 10.5. The molecule has 6 nitrogen and oxygen atoms in total. The zero-order chi connectivity index (χ0) is 20.2. The first-order valence-corrected chi connectivity index (χ1v) is 10.5. The fraction of sp³-hybridized carbons (Fsp3) is 0.435. The summed E-state index contributed by atoms with van der Waals surface area (Å²) < 4.78 is 0. The van der Waals surface area contributed by atoms with Gasteiger partial charge in [-0.2, -0.15) is 0 Å². The van der Waals surface area contributed by atoms with Crippen LogP contribution in [0.5, 0.6) is 11.5 Å². The van der Waals surface area contributed by atoms with Crippen LogP contribution in [0.15, 0.2) is 41.4 Å². The molecule has 0 bridgehead atoms. The molecule has 2 aromatic rings. The number of guanidine groups is 1. The highest BCUT2D eigenvalue weighted by atomic mass is 16.3. The Balaban J connectivity index is 1.40. The molecule has 2 aromatic carbocycles. The van der Waals surface area contributed by atoms with Gasteiger partial charge in [0.25, 0.3) is 0 Å². The number of para-hydroxylation sites is 2. The Bertz CT molecular complexity index is 888. The van der Waals surface area contributed by atoms with Gasteiger partial charge >= 0.3 is 0 Å². The summed E-state index contributed by atoms with van der Waals surface area (Å²) >= 11 is 0. The summed E-state index contributed by atoms with van der Waals surface area (Å²) in [6, 6.07) is 11.4. The van der Waals surface area contributed by atoms with E-state index in [1.165, 1.54) is 24.0 Å². The monoisotopic (exact) mass is 394 g/mol. The number of piperazine rings is 1. The van der Waals surface area contributed by atoms with Gasteiger partial charge in [0.15, 0.2) is 5.96 Å². The van der Waals surface area contributed by atoms with Crippen molar-refractivity contribution in [3.63, 3.8) is 0 Å². The smallest absolute Gasteiger partial charge is 0.194 e. The molecule has 154 valence electrons. The lowest BCUT2D eigenvalue weighted by atomic mass is 9.88. The van der Waals surface area contributed by atoms with Crippen molar-refractivity contribution in [2.45, 2.75) is 32.2 Å². The minimum atomic E-state index is 0.327. The number of aliphatic imine (C=N–C) groups is 1. The minimum Gasteiger partial charge on any atom is -0.508 e. The van der Waals surface area contributed by atoms with Gasteiger partial charge in [0.1, 0.15) is 11.5 Å². The Morgan fingerprint density at radius 1 is 0.966 bits per heavy atom. The van der Waals surface area contributed by atoms with Crippen LogP contribution in [0.3, 0.4) is 0 Å². The lowest BCUT2D eigenvalue weighted by molar-refractivity contribution is 0.369. The average molecular weight is 395 g/mol. The molecule has 0 amide bonds. The van der Waals surface area contributed by atoms with E-state index >= 15 is 0 Å². The van der Waals surface area contributed by atoms with Crippen LogP contribution >= 0.6 is 0 Å². The van der Waals surface area contributed by atoms with Crippen LogP contribution in [0.25, 0.3) is 0 Å². The number of aryl methyl sites for hydroxylation is 1. The van der Waals surface area contributed by atoms with E-state index in [2.05, 4.69) is 26.2 Å². The van der Waals surface area contributed by atoms with Gasteiger partial charge in [-0.15, -0.1) is 0 Å². The predicted octanol–water partition coefficient (Wildman–Crippen LogP) is 2.87. The number of hydrogen-bond acceptors (Lipinski definition) is 4. The van der Waals surface area contributed by atoms with Crippen LogP contribution < -0.4 is 10.2 Å². The maximum Gasteiger partial charge on any atom is 0.194 e. The molecular formula is C23H30N4O2. The second-order valence-corrected chi connectivity index (χ2v) is 7.77. The highest BCUT2D eigenvalue weighted by Crippen LogP contribution is 2.30. The van der Waals surface area contributed by atoms with Crippen molar-refractivity contribution < 1.29 is 10.2 Å². The van der Waals surface area contributed by atoms with Gasteiger partial charge in [0.2, 0.25) is 0 Å². The SMILES string of the molecule is CN=C(NCc1c(O)ccc2c1CCCC2)N1CCN(c2ccccc2O)CC1. The van der Waals surface area contributed by atoms with Gasteiger partial charge in [-0.05, 0) is 55.0 Å². The molecule has 0 aromatic heterocycles. The summed E-state index contributed by atoms with van der Waals surface area (Å²) in [5.41, 5.74) is 4.58. The summed E-state index contributed by atoms with van der Waals surface area (Å²) in [4.78, 5) is 8.91. The highest BCUT2D eigenvalue weighted by Gasteiger charge is 2.22. The Morgan fingerprint density at radius 3 is 2.48 bits per heavy atom. The van der Waals surface area contributed by atoms with Gasteiger partial charge in [-0.3, -0.25) is 4.99 Å². The highest BCUT2D eigenvalue weighted by molar-refractivity contribution is 5.80.